The topological polar surface area (TPSA) is 64.9 Å². The molecular formula is C7H7N3O. The summed E-state index contributed by atoms with van der Waals surface area (Å²) in [5.74, 6) is 0. The minimum atomic E-state index is -0.341. The Morgan fingerprint density at radius 2 is 2.18 bits per heavy atom. The molecule has 0 atom stereocenters. The van der Waals surface area contributed by atoms with Gasteiger partial charge in [0.05, 0.1) is 11.3 Å². The molecule has 0 aromatic rings. The SMILES string of the molecule is C=C1NC(=O)NC(C)=C1C#N. The quantitative estimate of drug-likeness (QED) is 0.530. The highest BCUT2D eigenvalue weighted by atomic mass is 16.2. The Labute approximate surface area is 64.2 Å². The van der Waals surface area contributed by atoms with Crippen LogP contribution in [-0.2, 0) is 0 Å². The van der Waals surface area contributed by atoms with Crippen molar-refractivity contribution in [3.05, 3.63) is 23.5 Å². The number of urea groups is 1. The van der Waals surface area contributed by atoms with Crippen molar-refractivity contribution in [3.63, 3.8) is 0 Å². The maximum atomic E-state index is 10.7. The maximum Gasteiger partial charge on any atom is 0.323 e. The number of amides is 2. The Hall–Kier alpha value is -1.76. The van der Waals surface area contributed by atoms with Crippen LogP contribution in [0.1, 0.15) is 6.92 Å². The predicted molar refractivity (Wildman–Crippen MR) is 39.1 cm³/mol. The van der Waals surface area contributed by atoms with Crippen molar-refractivity contribution in [2.45, 2.75) is 6.92 Å². The van der Waals surface area contributed by atoms with Gasteiger partial charge in [-0.1, -0.05) is 6.58 Å². The van der Waals surface area contributed by atoms with Crippen molar-refractivity contribution in [1.29, 1.82) is 5.26 Å². The molecule has 0 fully saturated rings. The Morgan fingerprint density at radius 3 is 2.64 bits per heavy atom. The fourth-order valence-corrected chi connectivity index (χ4v) is 0.841. The van der Waals surface area contributed by atoms with Crippen molar-refractivity contribution >= 4 is 6.03 Å². The Balaban J connectivity index is 3.07. The molecule has 2 amide bonds. The Kier molecular flexibility index (Phi) is 1.65. The molecule has 0 saturated heterocycles. The van der Waals surface area contributed by atoms with Crippen molar-refractivity contribution in [2.24, 2.45) is 0 Å². The van der Waals surface area contributed by atoms with Gasteiger partial charge in [-0.3, -0.25) is 0 Å². The van der Waals surface area contributed by atoms with E-state index < -0.39 is 0 Å². The van der Waals surface area contributed by atoms with Crippen LogP contribution in [0.3, 0.4) is 0 Å². The van der Waals surface area contributed by atoms with Crippen LogP contribution in [0.2, 0.25) is 0 Å². The lowest BCUT2D eigenvalue weighted by Crippen LogP contribution is -2.39. The number of nitrogens with one attached hydrogen (secondary N) is 2. The second-order valence-electron chi connectivity index (χ2n) is 2.17. The van der Waals surface area contributed by atoms with Gasteiger partial charge in [0.2, 0.25) is 0 Å². The third-order valence-electron chi connectivity index (χ3n) is 1.35. The second-order valence-corrected chi connectivity index (χ2v) is 2.17. The first kappa shape index (κ1) is 7.35. The van der Waals surface area contributed by atoms with E-state index in [1.165, 1.54) is 0 Å². The van der Waals surface area contributed by atoms with Gasteiger partial charge in [-0.2, -0.15) is 5.26 Å². The zero-order chi connectivity index (χ0) is 8.43. The molecule has 4 heteroatoms. The molecule has 1 heterocycles. The summed E-state index contributed by atoms with van der Waals surface area (Å²) in [6, 6.07) is 1.59. The van der Waals surface area contributed by atoms with Gasteiger partial charge in [-0.25, -0.2) is 4.79 Å². The van der Waals surface area contributed by atoms with Crippen LogP contribution < -0.4 is 10.6 Å². The minimum absolute atomic E-state index is 0.341. The molecule has 0 radical (unpaired) electrons. The van der Waals surface area contributed by atoms with Crippen molar-refractivity contribution in [1.82, 2.24) is 10.6 Å². The van der Waals surface area contributed by atoms with Gasteiger partial charge in [0.25, 0.3) is 0 Å². The average molecular weight is 149 g/mol. The summed E-state index contributed by atoms with van der Waals surface area (Å²) in [4.78, 5) is 10.7. The van der Waals surface area contributed by atoms with E-state index in [0.717, 1.165) is 0 Å². The van der Waals surface area contributed by atoms with Gasteiger partial charge in [0.15, 0.2) is 0 Å². The van der Waals surface area contributed by atoms with Gasteiger partial charge in [-0.05, 0) is 6.92 Å². The van der Waals surface area contributed by atoms with E-state index in [-0.39, 0.29) is 6.03 Å². The van der Waals surface area contributed by atoms with Gasteiger partial charge < -0.3 is 10.6 Å². The number of nitrogens with zero attached hydrogens (tertiary/aromatic N) is 1. The second kappa shape index (κ2) is 2.46. The number of rotatable bonds is 0. The molecule has 0 aromatic carbocycles. The molecule has 2 N–H and O–H groups in total. The van der Waals surface area contributed by atoms with Crippen LogP contribution in [0.5, 0.6) is 0 Å². The summed E-state index contributed by atoms with van der Waals surface area (Å²) in [7, 11) is 0. The van der Waals surface area contributed by atoms with E-state index in [2.05, 4.69) is 17.2 Å². The monoisotopic (exact) mass is 149 g/mol. The summed E-state index contributed by atoms with van der Waals surface area (Å²) < 4.78 is 0. The molecule has 1 aliphatic heterocycles. The molecule has 11 heavy (non-hydrogen) atoms. The van der Waals surface area contributed by atoms with Crippen LogP contribution in [0.25, 0.3) is 0 Å². The van der Waals surface area contributed by atoms with E-state index in [0.29, 0.717) is 17.0 Å². The first-order chi connectivity index (χ1) is 5.15. The molecule has 0 unspecified atom stereocenters. The average Bonchev–Trinajstić information content (AvgIpc) is 1.85. The van der Waals surface area contributed by atoms with Crippen molar-refractivity contribution in [3.8, 4) is 6.07 Å². The summed E-state index contributed by atoms with van der Waals surface area (Å²) in [5.41, 5.74) is 1.29. The lowest BCUT2D eigenvalue weighted by atomic mass is 10.1. The minimum Gasteiger partial charge on any atom is -0.310 e. The smallest absolute Gasteiger partial charge is 0.310 e. The summed E-state index contributed by atoms with van der Waals surface area (Å²) in [6.07, 6.45) is 0. The zero-order valence-corrected chi connectivity index (χ0v) is 6.06. The first-order valence-electron chi connectivity index (χ1n) is 3.03. The number of hydrogen-bond donors (Lipinski definition) is 2. The van der Waals surface area contributed by atoms with Gasteiger partial charge in [0.1, 0.15) is 6.07 Å². The van der Waals surface area contributed by atoms with E-state index in [9.17, 15) is 4.79 Å². The molecule has 56 valence electrons. The zero-order valence-electron chi connectivity index (χ0n) is 6.06. The molecule has 4 nitrogen and oxygen atoms in total. The molecule has 1 aliphatic rings. The largest absolute Gasteiger partial charge is 0.323 e. The molecule has 0 saturated carbocycles. The van der Waals surface area contributed by atoms with Gasteiger partial charge in [-0.15, -0.1) is 0 Å². The molecule has 0 aliphatic carbocycles. The number of nitriles is 1. The molecule has 1 rings (SSSR count). The highest BCUT2D eigenvalue weighted by molar-refractivity contribution is 5.81. The highest BCUT2D eigenvalue weighted by Gasteiger charge is 2.16. The summed E-state index contributed by atoms with van der Waals surface area (Å²) >= 11 is 0. The fraction of sp³-hybridized carbons (Fsp3) is 0.143. The molecular weight excluding hydrogens is 142 g/mol. The van der Waals surface area contributed by atoms with E-state index in [1.807, 2.05) is 6.07 Å². The van der Waals surface area contributed by atoms with Gasteiger partial charge in [0, 0.05) is 5.70 Å². The van der Waals surface area contributed by atoms with Crippen LogP contribution in [-0.4, -0.2) is 6.03 Å². The van der Waals surface area contributed by atoms with Gasteiger partial charge >= 0.3 is 6.03 Å². The van der Waals surface area contributed by atoms with Crippen molar-refractivity contribution < 1.29 is 4.79 Å². The van der Waals surface area contributed by atoms with E-state index >= 15 is 0 Å². The lowest BCUT2D eigenvalue weighted by Gasteiger charge is -2.16. The fourth-order valence-electron chi connectivity index (χ4n) is 0.841. The number of carbonyl (C=O) groups excluding carboxylic acids is 1. The van der Waals surface area contributed by atoms with E-state index in [4.69, 9.17) is 5.26 Å². The highest BCUT2D eigenvalue weighted by Crippen LogP contribution is 2.11. The maximum absolute atomic E-state index is 10.7. The van der Waals surface area contributed by atoms with Crippen LogP contribution in [0, 0.1) is 11.3 Å². The molecule has 0 aromatic heterocycles. The van der Waals surface area contributed by atoms with Crippen molar-refractivity contribution in [2.75, 3.05) is 0 Å². The van der Waals surface area contributed by atoms with Crippen LogP contribution in [0.15, 0.2) is 23.5 Å². The summed E-state index contributed by atoms with van der Waals surface area (Å²) in [5, 5.41) is 13.4. The number of allylic oxidation sites excluding steroid dienone is 2. The Bertz CT molecular complexity index is 295. The third-order valence-corrected chi connectivity index (χ3v) is 1.35. The number of hydrogen-bond acceptors (Lipinski definition) is 2. The first-order valence-corrected chi connectivity index (χ1v) is 3.03. The normalized spacial score (nSPS) is 17.1. The summed E-state index contributed by atoms with van der Waals surface area (Å²) in [6.45, 7) is 5.17. The molecule has 0 bridgehead atoms. The van der Waals surface area contributed by atoms with Crippen LogP contribution in [0.4, 0.5) is 4.79 Å². The lowest BCUT2D eigenvalue weighted by molar-refractivity contribution is 0.245. The van der Waals surface area contributed by atoms with E-state index in [1.54, 1.807) is 6.92 Å². The van der Waals surface area contributed by atoms with Crippen LogP contribution >= 0.6 is 0 Å². The number of carbonyl (C=O) groups is 1. The molecule has 0 spiro atoms. The third kappa shape index (κ3) is 1.22. The predicted octanol–water partition coefficient (Wildman–Crippen LogP) is 0.610. The standard InChI is InChI=1S/C7H7N3O/c1-4-6(3-8)5(2)10-7(11)9-4/h1H2,2H3,(H2,9,10,11). The Morgan fingerprint density at radius 1 is 1.55 bits per heavy atom.